The van der Waals surface area contributed by atoms with Crippen molar-refractivity contribution in [2.24, 2.45) is 0 Å². The van der Waals surface area contributed by atoms with Gasteiger partial charge < -0.3 is 28.8 Å². The van der Waals surface area contributed by atoms with Crippen LogP contribution in [0.5, 0.6) is 0 Å². The number of likely N-dealkylation sites (N-methyl/N-ethyl adjacent to an activating group) is 1. The van der Waals surface area contributed by atoms with Gasteiger partial charge in [-0.25, -0.2) is 0 Å². The fourth-order valence-corrected chi connectivity index (χ4v) is 13.2. The van der Waals surface area contributed by atoms with Gasteiger partial charge in [-0.1, -0.05) is 397 Å². The van der Waals surface area contributed by atoms with Gasteiger partial charge in [-0.2, -0.15) is 0 Å². The first-order valence-electron chi connectivity index (χ1n) is 39.9. The summed E-state index contributed by atoms with van der Waals surface area (Å²) in [5, 5.41) is 14.0. The van der Waals surface area contributed by atoms with Gasteiger partial charge in [0, 0.05) is 6.42 Å². The van der Waals surface area contributed by atoms with Crippen molar-refractivity contribution in [3.63, 3.8) is 0 Å². The Bertz CT molecular complexity index is 1550. The standard InChI is InChI=1S/C80H157N2O6P/c1-6-8-10-12-14-16-18-20-22-24-26-28-30-32-34-36-38-40-41-42-44-46-48-50-52-54-56-58-60-62-64-66-68-70-72-74-80(84)81-78(77-88-89(85,86)87-76-75-82(3,4)5)79(83)73-71-69-67-65-63-61-59-57-55-53-51-49-47-45-43-39-37-35-33-31-29-27-25-23-21-19-17-15-13-11-9-7-2/h18,20,24,26,71,73,78-79,83H,6-17,19,21-23,25,27-70,72,74-77H2,1-5H3,(H-,81,84,85,86)/b20-18-,26-24-,73-71+. The first-order valence-corrected chi connectivity index (χ1v) is 41.3. The highest BCUT2D eigenvalue weighted by Gasteiger charge is 2.23. The minimum Gasteiger partial charge on any atom is -0.756 e. The molecule has 0 saturated carbocycles. The van der Waals surface area contributed by atoms with Crippen LogP contribution in [0.3, 0.4) is 0 Å². The highest BCUT2D eigenvalue weighted by molar-refractivity contribution is 7.45. The number of nitrogens with zero attached hydrogens (tertiary/aromatic N) is 1. The number of rotatable bonds is 75. The van der Waals surface area contributed by atoms with E-state index < -0.39 is 20.0 Å². The number of phosphoric acid groups is 1. The molecule has 9 heteroatoms. The Morgan fingerprint density at radius 1 is 0.393 bits per heavy atom. The molecule has 0 aromatic heterocycles. The van der Waals surface area contributed by atoms with Crippen LogP contribution in [0.1, 0.15) is 418 Å². The molecule has 0 fully saturated rings. The Morgan fingerprint density at radius 3 is 0.933 bits per heavy atom. The molecule has 89 heavy (non-hydrogen) atoms. The number of hydrogen-bond acceptors (Lipinski definition) is 6. The molecule has 0 bridgehead atoms. The van der Waals surface area contributed by atoms with Gasteiger partial charge in [0.25, 0.3) is 7.82 Å². The number of aliphatic hydroxyl groups is 1. The van der Waals surface area contributed by atoms with Gasteiger partial charge in [0.05, 0.1) is 39.9 Å². The summed E-state index contributed by atoms with van der Waals surface area (Å²) in [6.07, 6.45) is 96.0. The molecule has 0 spiro atoms. The summed E-state index contributed by atoms with van der Waals surface area (Å²) in [6.45, 7) is 4.71. The van der Waals surface area contributed by atoms with Gasteiger partial charge >= 0.3 is 0 Å². The van der Waals surface area contributed by atoms with E-state index in [4.69, 9.17) is 9.05 Å². The quantitative estimate of drug-likeness (QED) is 0.0272. The molecule has 0 aromatic rings. The van der Waals surface area contributed by atoms with Crippen LogP contribution >= 0.6 is 7.82 Å². The van der Waals surface area contributed by atoms with Crippen molar-refractivity contribution in [2.45, 2.75) is 431 Å². The number of hydrogen-bond donors (Lipinski definition) is 2. The van der Waals surface area contributed by atoms with Crippen molar-refractivity contribution in [3.8, 4) is 0 Å². The molecule has 2 N–H and O–H groups in total. The third-order valence-corrected chi connectivity index (χ3v) is 19.6. The van der Waals surface area contributed by atoms with E-state index >= 15 is 0 Å². The van der Waals surface area contributed by atoms with Crippen LogP contribution in [-0.2, 0) is 18.4 Å². The van der Waals surface area contributed by atoms with E-state index in [9.17, 15) is 19.4 Å². The highest BCUT2D eigenvalue weighted by atomic mass is 31.2. The summed E-state index contributed by atoms with van der Waals surface area (Å²) in [6, 6.07) is -0.887. The van der Waals surface area contributed by atoms with Crippen molar-refractivity contribution in [1.82, 2.24) is 5.32 Å². The number of carbonyl (C=O) groups is 1. The third kappa shape index (κ3) is 74.0. The molecule has 0 rings (SSSR count). The van der Waals surface area contributed by atoms with Gasteiger partial charge in [-0.3, -0.25) is 9.36 Å². The lowest BCUT2D eigenvalue weighted by Crippen LogP contribution is -2.45. The summed E-state index contributed by atoms with van der Waals surface area (Å²) < 4.78 is 23.5. The third-order valence-electron chi connectivity index (χ3n) is 18.6. The van der Waals surface area contributed by atoms with E-state index in [2.05, 4.69) is 43.5 Å². The molecular weight excluding hydrogens is 1120 g/mol. The predicted molar refractivity (Wildman–Crippen MR) is 390 cm³/mol. The van der Waals surface area contributed by atoms with E-state index in [1.54, 1.807) is 6.08 Å². The second kappa shape index (κ2) is 71.0. The lowest BCUT2D eigenvalue weighted by Gasteiger charge is -2.29. The first-order chi connectivity index (χ1) is 43.5. The summed E-state index contributed by atoms with van der Waals surface area (Å²) in [7, 11) is 1.28. The SMILES string of the molecule is CCCCCCC/C=C\C/C=C\CCCCCCCCCCCCCCCCCCCCCCCCCC(=O)NC(COP(=O)([O-])OCC[N+](C)(C)C)C(O)/C=C/CCCCCCCCCCCCCCCCCCCCCCCCCCCCCCCC. The second-order valence-electron chi connectivity index (χ2n) is 28.8. The number of phosphoric ester groups is 1. The average molecular weight is 1270 g/mol. The number of allylic oxidation sites excluding steroid dienone is 5. The molecule has 0 aromatic carbocycles. The normalized spacial score (nSPS) is 13.7. The zero-order chi connectivity index (χ0) is 64.8. The molecular formula is C80H157N2O6P. The van der Waals surface area contributed by atoms with E-state index in [1.165, 1.54) is 353 Å². The first kappa shape index (κ1) is 87.7. The number of nitrogens with one attached hydrogen (secondary N) is 1. The van der Waals surface area contributed by atoms with Crippen LogP contribution in [0.2, 0.25) is 0 Å². The lowest BCUT2D eigenvalue weighted by molar-refractivity contribution is -0.870. The summed E-state index contributed by atoms with van der Waals surface area (Å²) in [5.41, 5.74) is 0. The fourth-order valence-electron chi connectivity index (χ4n) is 12.4. The van der Waals surface area contributed by atoms with E-state index in [-0.39, 0.29) is 19.1 Å². The Labute approximate surface area is 557 Å². The Balaban J connectivity index is 3.95. The zero-order valence-electron chi connectivity index (χ0n) is 60.7. The molecule has 3 unspecified atom stereocenters. The molecule has 0 saturated heterocycles. The van der Waals surface area contributed by atoms with Crippen molar-refractivity contribution in [1.29, 1.82) is 0 Å². The molecule has 1 amide bonds. The van der Waals surface area contributed by atoms with Gasteiger partial charge in [0.2, 0.25) is 5.91 Å². The van der Waals surface area contributed by atoms with Crippen molar-refractivity contribution >= 4 is 13.7 Å². The predicted octanol–water partition coefficient (Wildman–Crippen LogP) is 25.3. The van der Waals surface area contributed by atoms with Gasteiger partial charge in [0.1, 0.15) is 13.2 Å². The maximum atomic E-state index is 13.1. The molecule has 528 valence electrons. The molecule has 0 heterocycles. The van der Waals surface area contributed by atoms with E-state index in [1.807, 2.05) is 27.2 Å². The second-order valence-corrected chi connectivity index (χ2v) is 30.2. The maximum Gasteiger partial charge on any atom is 0.268 e. The van der Waals surface area contributed by atoms with Crippen LogP contribution in [-0.4, -0.2) is 68.5 Å². The van der Waals surface area contributed by atoms with Crippen molar-refractivity contribution in [3.05, 3.63) is 36.5 Å². The fraction of sp³-hybridized carbons (Fsp3) is 0.912. The van der Waals surface area contributed by atoms with E-state index in [0.717, 1.165) is 44.9 Å². The lowest BCUT2D eigenvalue weighted by atomic mass is 10.0. The molecule has 0 aliphatic heterocycles. The van der Waals surface area contributed by atoms with Gasteiger partial charge in [-0.15, -0.1) is 0 Å². The Kier molecular flexibility index (Phi) is 70.0. The monoisotopic (exact) mass is 1270 g/mol. The van der Waals surface area contributed by atoms with Crippen LogP contribution in [0.25, 0.3) is 0 Å². The van der Waals surface area contributed by atoms with Gasteiger partial charge in [-0.05, 0) is 51.4 Å². The highest BCUT2D eigenvalue weighted by Crippen LogP contribution is 2.38. The van der Waals surface area contributed by atoms with Crippen LogP contribution in [0.4, 0.5) is 0 Å². The number of aliphatic hydroxyl groups excluding tert-OH is 1. The average Bonchev–Trinajstić information content (AvgIpc) is 3.64. The minimum absolute atomic E-state index is 0.00163. The molecule has 0 radical (unpaired) electrons. The number of quaternary nitrogens is 1. The largest absolute Gasteiger partial charge is 0.756 e. The molecule has 0 aliphatic rings. The van der Waals surface area contributed by atoms with Gasteiger partial charge in [0.15, 0.2) is 0 Å². The Morgan fingerprint density at radius 2 is 0.652 bits per heavy atom. The number of unbranched alkanes of at least 4 members (excludes halogenated alkanes) is 58. The molecule has 8 nitrogen and oxygen atoms in total. The number of carbonyl (C=O) groups excluding carboxylic acids is 1. The Hall–Kier alpha value is -1.28. The summed E-state index contributed by atoms with van der Waals surface area (Å²) >= 11 is 0. The summed E-state index contributed by atoms with van der Waals surface area (Å²) in [5.74, 6) is -0.188. The van der Waals surface area contributed by atoms with Crippen molar-refractivity contribution < 1.29 is 32.9 Å². The van der Waals surface area contributed by atoms with Crippen molar-refractivity contribution in [2.75, 3.05) is 40.9 Å². The maximum absolute atomic E-state index is 13.1. The smallest absolute Gasteiger partial charge is 0.268 e. The number of amides is 1. The minimum atomic E-state index is -4.61. The topological polar surface area (TPSA) is 108 Å². The van der Waals surface area contributed by atoms with Crippen LogP contribution in [0.15, 0.2) is 36.5 Å². The van der Waals surface area contributed by atoms with Crippen LogP contribution < -0.4 is 10.2 Å². The van der Waals surface area contributed by atoms with Crippen LogP contribution in [0, 0.1) is 0 Å². The zero-order valence-corrected chi connectivity index (χ0v) is 61.6. The molecule has 0 aliphatic carbocycles. The molecule has 3 atom stereocenters. The summed E-state index contributed by atoms with van der Waals surface area (Å²) in [4.78, 5) is 25.7. The van der Waals surface area contributed by atoms with E-state index in [0.29, 0.717) is 17.4 Å².